The predicted molar refractivity (Wildman–Crippen MR) is 89.1 cm³/mol. The van der Waals surface area contributed by atoms with Crippen LogP contribution >= 0.6 is 0 Å². The molecule has 0 aromatic heterocycles. The van der Waals surface area contributed by atoms with Gasteiger partial charge in [-0.1, -0.05) is 30.3 Å². The first kappa shape index (κ1) is 15.2. The molecule has 1 saturated carbocycles. The summed E-state index contributed by atoms with van der Waals surface area (Å²) in [4.78, 5) is 22.7. The van der Waals surface area contributed by atoms with Gasteiger partial charge >= 0.3 is 0 Å². The third kappa shape index (κ3) is 3.37. The van der Waals surface area contributed by atoms with Crippen molar-refractivity contribution in [2.45, 2.75) is 25.2 Å². The fraction of sp³-hybridized carbons (Fsp3) is 0.211. The van der Waals surface area contributed by atoms with Gasteiger partial charge in [0.15, 0.2) is 5.78 Å². The van der Waals surface area contributed by atoms with E-state index in [9.17, 15) is 14.9 Å². The van der Waals surface area contributed by atoms with Crippen LogP contribution in [0.2, 0.25) is 0 Å². The first-order valence-electron chi connectivity index (χ1n) is 7.69. The molecule has 0 spiro atoms. The topological polar surface area (TPSA) is 60.2 Å². The quantitative estimate of drug-likeness (QED) is 0.476. The Hall–Kier alpha value is -2.75. The van der Waals surface area contributed by atoms with Crippen LogP contribution in [-0.2, 0) is 4.79 Å². The molecule has 4 heteroatoms. The van der Waals surface area contributed by atoms with Crippen LogP contribution in [0.4, 0.5) is 5.69 Å². The number of benzene rings is 2. The minimum Gasteiger partial charge on any atom is -0.295 e. The summed E-state index contributed by atoms with van der Waals surface area (Å²) < 4.78 is 0. The second-order valence-electron chi connectivity index (χ2n) is 5.73. The average molecular weight is 307 g/mol. The van der Waals surface area contributed by atoms with Crippen LogP contribution in [-0.4, -0.2) is 10.7 Å². The second-order valence-corrected chi connectivity index (χ2v) is 5.73. The van der Waals surface area contributed by atoms with Crippen LogP contribution < -0.4 is 0 Å². The van der Waals surface area contributed by atoms with Crippen molar-refractivity contribution in [2.75, 3.05) is 0 Å². The van der Waals surface area contributed by atoms with Crippen molar-refractivity contribution >= 4 is 17.5 Å². The lowest BCUT2D eigenvalue weighted by Crippen LogP contribution is -2.17. The summed E-state index contributed by atoms with van der Waals surface area (Å²) in [5.74, 6) is 0.274. The van der Waals surface area contributed by atoms with Crippen molar-refractivity contribution < 1.29 is 9.72 Å². The van der Waals surface area contributed by atoms with Crippen LogP contribution in [0, 0.1) is 10.1 Å². The molecule has 1 aliphatic carbocycles. The molecule has 0 heterocycles. The molecule has 23 heavy (non-hydrogen) atoms. The monoisotopic (exact) mass is 307 g/mol. The standard InChI is InChI=1S/C19H17NO3/c21-19-8-4-7-17(15-5-2-1-3-6-15)18(19)13-14-9-11-16(12-10-14)20(22)23/h1-3,5-6,9-13,17H,4,7-8H2/b18-13+. The number of nitro benzene ring substituents is 1. The van der Waals surface area contributed by atoms with Crippen LogP contribution in [0.1, 0.15) is 36.3 Å². The lowest BCUT2D eigenvalue weighted by Gasteiger charge is -2.25. The highest BCUT2D eigenvalue weighted by atomic mass is 16.6. The Morgan fingerprint density at radius 3 is 2.39 bits per heavy atom. The third-order valence-electron chi connectivity index (χ3n) is 4.22. The molecular weight excluding hydrogens is 290 g/mol. The van der Waals surface area contributed by atoms with Crippen molar-refractivity contribution in [1.82, 2.24) is 0 Å². The highest BCUT2D eigenvalue weighted by molar-refractivity contribution is 6.01. The molecule has 116 valence electrons. The number of Topliss-reactive ketones (excluding diaryl/α,β-unsaturated/α-hetero) is 1. The van der Waals surface area contributed by atoms with Crippen molar-refractivity contribution in [3.05, 3.63) is 81.4 Å². The highest BCUT2D eigenvalue weighted by Crippen LogP contribution is 2.36. The molecule has 1 fully saturated rings. The van der Waals surface area contributed by atoms with E-state index in [2.05, 4.69) is 0 Å². The smallest absolute Gasteiger partial charge is 0.269 e. The van der Waals surface area contributed by atoms with Crippen LogP contribution in [0.15, 0.2) is 60.2 Å². The molecule has 1 aliphatic rings. The number of hydrogen-bond donors (Lipinski definition) is 0. The Bertz CT molecular complexity index is 748. The Labute approximate surface area is 134 Å². The molecule has 0 radical (unpaired) electrons. The first-order valence-corrected chi connectivity index (χ1v) is 7.69. The van der Waals surface area contributed by atoms with Gasteiger partial charge in [0.25, 0.3) is 5.69 Å². The Kier molecular flexibility index (Phi) is 4.33. The number of carbonyl (C=O) groups is 1. The Morgan fingerprint density at radius 1 is 1.04 bits per heavy atom. The summed E-state index contributed by atoms with van der Waals surface area (Å²) in [6.45, 7) is 0. The van der Waals surface area contributed by atoms with Gasteiger partial charge < -0.3 is 0 Å². The van der Waals surface area contributed by atoms with E-state index in [1.165, 1.54) is 12.1 Å². The summed E-state index contributed by atoms with van der Waals surface area (Å²) >= 11 is 0. The lowest BCUT2D eigenvalue weighted by molar-refractivity contribution is -0.384. The lowest BCUT2D eigenvalue weighted by atomic mass is 9.78. The first-order chi connectivity index (χ1) is 11.1. The normalized spacial score (nSPS) is 19.7. The molecule has 0 amide bonds. The van der Waals surface area contributed by atoms with Crippen LogP contribution in [0.5, 0.6) is 0 Å². The minimum absolute atomic E-state index is 0.0572. The number of hydrogen-bond acceptors (Lipinski definition) is 3. The van der Waals surface area contributed by atoms with Crippen molar-refractivity contribution in [1.29, 1.82) is 0 Å². The number of rotatable bonds is 3. The number of ketones is 1. The number of nitrogens with zero attached hydrogens (tertiary/aromatic N) is 1. The summed E-state index contributed by atoms with van der Waals surface area (Å²) in [6.07, 6.45) is 4.30. The fourth-order valence-electron chi connectivity index (χ4n) is 3.05. The largest absolute Gasteiger partial charge is 0.295 e. The van der Waals surface area contributed by atoms with E-state index < -0.39 is 4.92 Å². The van der Waals surface area contributed by atoms with E-state index in [-0.39, 0.29) is 17.4 Å². The molecule has 1 unspecified atom stereocenters. The van der Waals surface area contributed by atoms with E-state index in [0.717, 1.165) is 29.5 Å². The summed E-state index contributed by atoms with van der Waals surface area (Å²) in [5.41, 5.74) is 2.83. The molecule has 0 N–H and O–H groups in total. The van der Waals surface area contributed by atoms with Gasteiger partial charge in [-0.2, -0.15) is 0 Å². The van der Waals surface area contributed by atoms with Gasteiger partial charge in [-0.15, -0.1) is 0 Å². The van der Waals surface area contributed by atoms with E-state index in [0.29, 0.717) is 6.42 Å². The number of carbonyl (C=O) groups excluding carboxylic acids is 1. The number of non-ortho nitro benzene ring substituents is 1. The van der Waals surface area contributed by atoms with Gasteiger partial charge in [-0.3, -0.25) is 14.9 Å². The van der Waals surface area contributed by atoms with Crippen LogP contribution in [0.3, 0.4) is 0 Å². The Balaban J connectivity index is 1.95. The van der Waals surface area contributed by atoms with E-state index in [1.807, 2.05) is 36.4 Å². The molecule has 0 aliphatic heterocycles. The van der Waals surface area contributed by atoms with Gasteiger partial charge in [0.2, 0.25) is 0 Å². The number of allylic oxidation sites excluding steroid dienone is 1. The van der Waals surface area contributed by atoms with Crippen molar-refractivity contribution in [2.24, 2.45) is 0 Å². The SMILES string of the molecule is O=C1CCCC(c2ccccc2)/C1=C\c1ccc([N+](=O)[O-])cc1. The molecule has 2 aromatic rings. The van der Waals surface area contributed by atoms with Gasteiger partial charge in [-0.05, 0) is 42.2 Å². The molecule has 1 atom stereocenters. The summed E-state index contributed by atoms with van der Waals surface area (Å²) in [7, 11) is 0. The fourth-order valence-corrected chi connectivity index (χ4v) is 3.05. The summed E-state index contributed by atoms with van der Waals surface area (Å²) in [5, 5.41) is 10.7. The van der Waals surface area contributed by atoms with Gasteiger partial charge in [0.05, 0.1) is 4.92 Å². The van der Waals surface area contributed by atoms with Gasteiger partial charge in [0.1, 0.15) is 0 Å². The highest BCUT2D eigenvalue weighted by Gasteiger charge is 2.26. The zero-order chi connectivity index (χ0) is 16.2. The molecule has 0 saturated heterocycles. The average Bonchev–Trinajstić information content (AvgIpc) is 2.58. The Morgan fingerprint density at radius 2 is 1.74 bits per heavy atom. The van der Waals surface area contributed by atoms with E-state index in [4.69, 9.17) is 0 Å². The maximum atomic E-state index is 12.4. The second kappa shape index (κ2) is 6.57. The maximum absolute atomic E-state index is 12.4. The van der Waals surface area contributed by atoms with E-state index in [1.54, 1.807) is 12.1 Å². The zero-order valence-electron chi connectivity index (χ0n) is 12.6. The number of nitro groups is 1. The van der Waals surface area contributed by atoms with E-state index >= 15 is 0 Å². The predicted octanol–water partition coefficient (Wildman–Crippen LogP) is 4.52. The summed E-state index contributed by atoms with van der Waals surface area (Å²) in [6, 6.07) is 16.3. The maximum Gasteiger partial charge on any atom is 0.269 e. The molecular formula is C19H17NO3. The molecule has 4 nitrogen and oxygen atoms in total. The van der Waals surface area contributed by atoms with Gasteiger partial charge in [0, 0.05) is 30.0 Å². The zero-order valence-corrected chi connectivity index (χ0v) is 12.6. The van der Waals surface area contributed by atoms with Gasteiger partial charge in [-0.25, -0.2) is 0 Å². The molecule has 2 aromatic carbocycles. The molecule has 3 rings (SSSR count). The third-order valence-corrected chi connectivity index (χ3v) is 4.22. The minimum atomic E-state index is -0.421. The van der Waals surface area contributed by atoms with Crippen molar-refractivity contribution in [3.63, 3.8) is 0 Å². The molecule has 0 bridgehead atoms. The van der Waals surface area contributed by atoms with Crippen molar-refractivity contribution in [3.8, 4) is 0 Å². The van der Waals surface area contributed by atoms with Crippen LogP contribution in [0.25, 0.3) is 6.08 Å².